The molecule has 0 bridgehead atoms. The third kappa shape index (κ3) is 3.39. The van der Waals surface area contributed by atoms with Gasteiger partial charge in [0, 0.05) is 6.04 Å². The number of rotatable bonds is 3. The average Bonchev–Trinajstić information content (AvgIpc) is 2.83. The Kier molecular flexibility index (Phi) is 4.44. The maximum Gasteiger partial charge on any atom is 0.319 e. The van der Waals surface area contributed by atoms with Crippen LogP contribution in [0, 0.1) is 11.7 Å². The van der Waals surface area contributed by atoms with E-state index in [1.54, 1.807) is 0 Å². The quantitative estimate of drug-likeness (QED) is 0.803. The van der Waals surface area contributed by atoms with E-state index in [0.717, 1.165) is 0 Å². The highest BCUT2D eigenvalue weighted by Gasteiger charge is 2.30. The molecule has 1 aliphatic rings. The SMILES string of the molecule is O=C(Nc1cccc(Cl)c1F)NC1CCC(C(=O)O)C1. The zero-order valence-corrected chi connectivity index (χ0v) is 11.3. The Bertz CT molecular complexity index is 538. The molecule has 0 radical (unpaired) electrons. The molecule has 2 atom stereocenters. The van der Waals surface area contributed by atoms with Gasteiger partial charge in [0.25, 0.3) is 0 Å². The highest BCUT2D eigenvalue weighted by Crippen LogP contribution is 2.26. The third-order valence-corrected chi connectivity index (χ3v) is 3.61. The topological polar surface area (TPSA) is 78.4 Å². The summed E-state index contributed by atoms with van der Waals surface area (Å²) < 4.78 is 13.6. The number of hydrogen-bond donors (Lipinski definition) is 3. The minimum atomic E-state index is -0.851. The summed E-state index contributed by atoms with van der Waals surface area (Å²) in [6.45, 7) is 0. The molecule has 0 spiro atoms. The van der Waals surface area contributed by atoms with E-state index in [1.165, 1.54) is 18.2 Å². The van der Waals surface area contributed by atoms with Gasteiger partial charge in [0.05, 0.1) is 16.6 Å². The van der Waals surface area contributed by atoms with Crippen molar-refractivity contribution in [3.8, 4) is 0 Å². The molecule has 108 valence electrons. The Morgan fingerprint density at radius 1 is 1.35 bits per heavy atom. The first-order valence-corrected chi connectivity index (χ1v) is 6.59. The van der Waals surface area contributed by atoms with Gasteiger partial charge < -0.3 is 15.7 Å². The lowest BCUT2D eigenvalue weighted by Gasteiger charge is -2.14. The highest BCUT2D eigenvalue weighted by molar-refractivity contribution is 6.31. The number of amides is 2. The normalized spacial score (nSPS) is 21.5. The second kappa shape index (κ2) is 6.09. The van der Waals surface area contributed by atoms with Gasteiger partial charge in [-0.3, -0.25) is 4.79 Å². The zero-order chi connectivity index (χ0) is 14.7. The molecule has 2 unspecified atom stereocenters. The number of halogens is 2. The number of urea groups is 1. The van der Waals surface area contributed by atoms with E-state index in [9.17, 15) is 14.0 Å². The monoisotopic (exact) mass is 300 g/mol. The lowest BCUT2D eigenvalue weighted by molar-refractivity contribution is -0.141. The summed E-state index contributed by atoms with van der Waals surface area (Å²) in [5.41, 5.74) is -0.0113. The van der Waals surface area contributed by atoms with Crippen LogP contribution in [0.1, 0.15) is 19.3 Å². The number of carboxylic acids is 1. The summed E-state index contributed by atoms with van der Waals surface area (Å²) in [6, 6.07) is 3.53. The summed E-state index contributed by atoms with van der Waals surface area (Å²) in [7, 11) is 0. The van der Waals surface area contributed by atoms with E-state index < -0.39 is 23.7 Å². The standard InChI is InChI=1S/C13H14ClFN2O3/c14-9-2-1-3-10(11(9)15)17-13(20)16-8-5-4-7(6-8)12(18)19/h1-3,7-8H,4-6H2,(H,18,19)(H2,16,17,20). The maximum absolute atomic E-state index is 13.6. The van der Waals surface area contributed by atoms with Crippen LogP contribution >= 0.6 is 11.6 Å². The Labute approximate surface area is 120 Å². The minimum absolute atomic E-state index is 0.0113. The summed E-state index contributed by atoms with van der Waals surface area (Å²) in [6.07, 6.45) is 1.52. The Balaban J connectivity index is 1.90. The number of nitrogens with one attached hydrogen (secondary N) is 2. The van der Waals surface area contributed by atoms with Gasteiger partial charge in [-0.25, -0.2) is 9.18 Å². The summed E-state index contributed by atoms with van der Waals surface area (Å²) >= 11 is 5.61. The number of anilines is 1. The second-order valence-corrected chi connectivity index (χ2v) is 5.15. The Hall–Kier alpha value is -1.82. The molecule has 1 fully saturated rings. The van der Waals surface area contributed by atoms with Crippen LogP contribution in [-0.2, 0) is 4.79 Å². The highest BCUT2D eigenvalue weighted by atomic mass is 35.5. The van der Waals surface area contributed by atoms with Crippen LogP contribution in [0.15, 0.2) is 18.2 Å². The van der Waals surface area contributed by atoms with Crippen molar-refractivity contribution in [1.29, 1.82) is 0 Å². The van der Waals surface area contributed by atoms with Crippen molar-refractivity contribution in [2.24, 2.45) is 5.92 Å². The molecular formula is C13H14ClFN2O3. The number of carboxylic acid groups (broad SMARTS) is 1. The molecule has 2 rings (SSSR count). The van der Waals surface area contributed by atoms with Gasteiger partial charge >= 0.3 is 12.0 Å². The second-order valence-electron chi connectivity index (χ2n) is 4.74. The molecule has 0 aliphatic heterocycles. The van der Waals surface area contributed by atoms with Crippen molar-refractivity contribution >= 4 is 29.3 Å². The van der Waals surface area contributed by atoms with Gasteiger partial charge in [-0.2, -0.15) is 0 Å². The van der Waals surface area contributed by atoms with Crippen LogP contribution in [0.3, 0.4) is 0 Å². The molecule has 5 nitrogen and oxygen atoms in total. The average molecular weight is 301 g/mol. The molecule has 0 heterocycles. The number of carbonyl (C=O) groups is 2. The van der Waals surface area contributed by atoms with E-state index >= 15 is 0 Å². The largest absolute Gasteiger partial charge is 0.481 e. The molecular weight excluding hydrogens is 287 g/mol. The van der Waals surface area contributed by atoms with Crippen molar-refractivity contribution in [2.75, 3.05) is 5.32 Å². The van der Waals surface area contributed by atoms with Crippen molar-refractivity contribution in [3.05, 3.63) is 29.0 Å². The predicted octanol–water partition coefficient (Wildman–Crippen LogP) is 2.85. The van der Waals surface area contributed by atoms with E-state index in [2.05, 4.69) is 10.6 Å². The van der Waals surface area contributed by atoms with Crippen molar-refractivity contribution in [1.82, 2.24) is 5.32 Å². The van der Waals surface area contributed by atoms with Crippen molar-refractivity contribution < 1.29 is 19.1 Å². The molecule has 1 aromatic rings. The van der Waals surface area contributed by atoms with Crippen LogP contribution in [0.25, 0.3) is 0 Å². The lowest BCUT2D eigenvalue weighted by Crippen LogP contribution is -2.36. The third-order valence-electron chi connectivity index (χ3n) is 3.32. The van der Waals surface area contributed by atoms with Crippen LogP contribution in [0.5, 0.6) is 0 Å². The van der Waals surface area contributed by atoms with E-state index in [0.29, 0.717) is 19.3 Å². The summed E-state index contributed by atoms with van der Waals surface area (Å²) in [5, 5.41) is 13.8. The molecule has 0 aromatic heterocycles. The molecule has 1 aliphatic carbocycles. The van der Waals surface area contributed by atoms with Crippen molar-refractivity contribution in [3.63, 3.8) is 0 Å². The number of aliphatic carboxylic acids is 1. The van der Waals surface area contributed by atoms with E-state index in [4.69, 9.17) is 16.7 Å². The minimum Gasteiger partial charge on any atom is -0.481 e. The van der Waals surface area contributed by atoms with Crippen LogP contribution < -0.4 is 10.6 Å². The Morgan fingerprint density at radius 3 is 2.75 bits per heavy atom. The maximum atomic E-state index is 13.6. The van der Waals surface area contributed by atoms with Crippen LogP contribution in [0.2, 0.25) is 5.02 Å². The van der Waals surface area contributed by atoms with Crippen molar-refractivity contribution in [2.45, 2.75) is 25.3 Å². The van der Waals surface area contributed by atoms with Gasteiger partial charge in [-0.05, 0) is 31.4 Å². The van der Waals surface area contributed by atoms with Gasteiger partial charge in [0.2, 0.25) is 0 Å². The lowest BCUT2D eigenvalue weighted by atomic mass is 10.1. The molecule has 3 N–H and O–H groups in total. The fourth-order valence-electron chi connectivity index (χ4n) is 2.28. The zero-order valence-electron chi connectivity index (χ0n) is 10.5. The number of benzene rings is 1. The Morgan fingerprint density at radius 2 is 2.10 bits per heavy atom. The molecule has 20 heavy (non-hydrogen) atoms. The number of carbonyl (C=O) groups excluding carboxylic acids is 1. The van der Waals surface area contributed by atoms with Gasteiger partial charge in [-0.1, -0.05) is 17.7 Å². The first-order chi connectivity index (χ1) is 9.47. The summed E-state index contributed by atoms with van der Waals surface area (Å²) in [5.74, 6) is -1.97. The van der Waals surface area contributed by atoms with E-state index in [1.807, 2.05) is 0 Å². The van der Waals surface area contributed by atoms with Gasteiger partial charge in [0.1, 0.15) is 0 Å². The number of hydrogen-bond acceptors (Lipinski definition) is 2. The molecule has 1 saturated carbocycles. The van der Waals surface area contributed by atoms with Gasteiger partial charge in [-0.15, -0.1) is 0 Å². The first-order valence-electron chi connectivity index (χ1n) is 6.21. The molecule has 2 amide bonds. The van der Waals surface area contributed by atoms with Gasteiger partial charge in [0.15, 0.2) is 5.82 Å². The fourth-order valence-corrected chi connectivity index (χ4v) is 2.46. The molecule has 7 heteroatoms. The molecule has 1 aromatic carbocycles. The van der Waals surface area contributed by atoms with Crippen LogP contribution in [0.4, 0.5) is 14.9 Å². The first kappa shape index (κ1) is 14.6. The predicted molar refractivity (Wildman–Crippen MR) is 72.3 cm³/mol. The molecule has 0 saturated heterocycles. The summed E-state index contributed by atoms with van der Waals surface area (Å²) in [4.78, 5) is 22.5. The smallest absolute Gasteiger partial charge is 0.319 e. The fraction of sp³-hybridized carbons (Fsp3) is 0.385. The van der Waals surface area contributed by atoms with Crippen LogP contribution in [-0.4, -0.2) is 23.1 Å². The van der Waals surface area contributed by atoms with E-state index in [-0.39, 0.29) is 16.8 Å².